The first-order valence-electron chi connectivity index (χ1n) is 4.99. The molecule has 0 saturated carbocycles. The van der Waals surface area contributed by atoms with Gasteiger partial charge in [0.1, 0.15) is 0 Å². The largest absolute Gasteiger partial charge is 0.351 e. The average molecular weight is 251 g/mol. The van der Waals surface area contributed by atoms with E-state index in [1.807, 2.05) is 0 Å². The molecule has 0 bridgehead atoms. The Kier molecular flexibility index (Phi) is 3.82. The molecule has 0 atom stereocenters. The molecule has 0 fully saturated rings. The van der Waals surface area contributed by atoms with Gasteiger partial charge in [-0.05, 0) is 25.0 Å². The van der Waals surface area contributed by atoms with Crippen molar-refractivity contribution in [1.29, 1.82) is 5.41 Å². The topological polar surface area (TPSA) is 134 Å². The number of anilines is 1. The summed E-state index contributed by atoms with van der Waals surface area (Å²) in [4.78, 5) is 20.7. The van der Waals surface area contributed by atoms with Crippen molar-refractivity contribution < 1.29 is 9.72 Å². The summed E-state index contributed by atoms with van der Waals surface area (Å²) in [5.41, 5.74) is 6.56. The van der Waals surface area contributed by atoms with Gasteiger partial charge in [-0.3, -0.25) is 20.8 Å². The molecular formula is C10H13N5O3. The highest BCUT2D eigenvalue weighted by Crippen LogP contribution is 2.25. The maximum absolute atomic E-state index is 10.7. The van der Waals surface area contributed by atoms with Crippen LogP contribution in [0.2, 0.25) is 0 Å². The number of carbonyl (C=O) groups is 1. The first kappa shape index (κ1) is 13.4. The first-order valence-corrected chi connectivity index (χ1v) is 4.99. The van der Waals surface area contributed by atoms with Crippen molar-refractivity contribution in [2.75, 3.05) is 5.32 Å². The average Bonchev–Trinajstić information content (AvgIpc) is 2.21. The first-order chi connectivity index (χ1) is 8.31. The smallest absolute Gasteiger partial charge is 0.318 e. The van der Waals surface area contributed by atoms with Gasteiger partial charge in [0, 0.05) is 17.8 Å². The summed E-state index contributed by atoms with van der Waals surface area (Å²) in [6.45, 7) is 3.33. The van der Waals surface area contributed by atoms with E-state index in [-0.39, 0.29) is 11.6 Å². The van der Waals surface area contributed by atoms with Gasteiger partial charge in [-0.1, -0.05) is 0 Å². The highest BCUT2D eigenvalue weighted by molar-refractivity contribution is 6.02. The second-order valence-electron chi connectivity index (χ2n) is 3.70. The monoisotopic (exact) mass is 251 g/mol. The number of benzene rings is 1. The van der Waals surface area contributed by atoms with Gasteiger partial charge in [0.2, 0.25) is 5.96 Å². The number of rotatable bonds is 2. The normalized spacial score (nSPS) is 9.67. The number of aryl methyl sites for hydroxylation is 2. The minimum atomic E-state index is -0.857. The molecule has 0 spiro atoms. The van der Waals surface area contributed by atoms with Crippen LogP contribution in [-0.4, -0.2) is 16.9 Å². The predicted octanol–water partition coefficient (Wildman–Crippen LogP) is 1.23. The molecule has 8 nitrogen and oxygen atoms in total. The molecule has 0 unspecified atom stereocenters. The summed E-state index contributed by atoms with van der Waals surface area (Å²) in [6.07, 6.45) is 0. The quantitative estimate of drug-likeness (QED) is 0.272. The van der Waals surface area contributed by atoms with Gasteiger partial charge in [-0.25, -0.2) is 4.79 Å². The van der Waals surface area contributed by atoms with Crippen molar-refractivity contribution in [3.63, 3.8) is 0 Å². The van der Waals surface area contributed by atoms with E-state index in [1.165, 1.54) is 12.1 Å². The second kappa shape index (κ2) is 5.13. The molecule has 5 N–H and O–H groups in total. The number of primary amides is 1. The Hall–Kier alpha value is -2.64. The van der Waals surface area contributed by atoms with Gasteiger partial charge in [-0.2, -0.15) is 0 Å². The third-order valence-electron chi connectivity index (χ3n) is 2.23. The van der Waals surface area contributed by atoms with E-state index >= 15 is 0 Å². The van der Waals surface area contributed by atoms with E-state index in [2.05, 4.69) is 10.6 Å². The Morgan fingerprint density at radius 3 is 2.28 bits per heavy atom. The highest BCUT2D eigenvalue weighted by atomic mass is 16.6. The second-order valence-corrected chi connectivity index (χ2v) is 3.70. The molecule has 1 rings (SSSR count). The van der Waals surface area contributed by atoms with Crippen molar-refractivity contribution in [1.82, 2.24) is 5.32 Å². The third-order valence-corrected chi connectivity index (χ3v) is 2.23. The Balaban J connectivity index is 3.00. The van der Waals surface area contributed by atoms with Crippen molar-refractivity contribution in [2.45, 2.75) is 13.8 Å². The molecule has 0 aliphatic rings. The summed E-state index contributed by atoms with van der Waals surface area (Å²) < 4.78 is 0. The van der Waals surface area contributed by atoms with Crippen LogP contribution in [0.1, 0.15) is 11.1 Å². The lowest BCUT2D eigenvalue weighted by molar-refractivity contribution is -0.384. The van der Waals surface area contributed by atoms with Gasteiger partial charge < -0.3 is 11.1 Å². The van der Waals surface area contributed by atoms with E-state index in [4.69, 9.17) is 11.1 Å². The molecule has 0 radical (unpaired) electrons. The molecule has 0 aliphatic heterocycles. The minimum absolute atomic E-state index is 0.0232. The van der Waals surface area contributed by atoms with Crippen molar-refractivity contribution >= 4 is 23.4 Å². The molecular weight excluding hydrogens is 238 g/mol. The zero-order chi connectivity index (χ0) is 13.9. The summed E-state index contributed by atoms with van der Waals surface area (Å²) >= 11 is 0. The number of nitrogens with two attached hydrogens (primary N) is 1. The lowest BCUT2D eigenvalue weighted by atomic mass is 10.1. The molecule has 0 aromatic heterocycles. The van der Waals surface area contributed by atoms with Gasteiger partial charge in [0.15, 0.2) is 0 Å². The summed E-state index contributed by atoms with van der Waals surface area (Å²) in [7, 11) is 0. The van der Waals surface area contributed by atoms with Crippen molar-refractivity contribution in [2.24, 2.45) is 5.73 Å². The fraction of sp³-hybridized carbons (Fsp3) is 0.200. The summed E-state index contributed by atoms with van der Waals surface area (Å²) in [5.74, 6) is -0.289. The summed E-state index contributed by atoms with van der Waals surface area (Å²) in [5, 5.41) is 22.8. The zero-order valence-corrected chi connectivity index (χ0v) is 9.90. The van der Waals surface area contributed by atoms with Crippen LogP contribution in [0.3, 0.4) is 0 Å². The molecule has 18 heavy (non-hydrogen) atoms. The van der Waals surface area contributed by atoms with Crippen LogP contribution in [0.15, 0.2) is 12.1 Å². The van der Waals surface area contributed by atoms with E-state index in [0.29, 0.717) is 16.8 Å². The number of nitrogens with one attached hydrogen (secondary N) is 3. The molecule has 0 saturated heterocycles. The number of guanidine groups is 1. The van der Waals surface area contributed by atoms with Crippen molar-refractivity contribution in [3.05, 3.63) is 33.4 Å². The van der Waals surface area contributed by atoms with Crippen LogP contribution in [-0.2, 0) is 0 Å². The number of nitro groups is 1. The molecule has 1 aromatic rings. The third kappa shape index (κ3) is 3.17. The zero-order valence-electron chi connectivity index (χ0n) is 9.90. The predicted molar refractivity (Wildman–Crippen MR) is 66.6 cm³/mol. The van der Waals surface area contributed by atoms with Crippen LogP contribution in [0.5, 0.6) is 0 Å². The molecule has 2 amide bonds. The number of hydrogen-bond acceptors (Lipinski definition) is 4. The summed E-state index contributed by atoms with van der Waals surface area (Å²) in [6, 6.07) is 1.91. The highest BCUT2D eigenvalue weighted by Gasteiger charge is 2.13. The lowest BCUT2D eigenvalue weighted by Gasteiger charge is -2.13. The maximum Gasteiger partial charge on any atom is 0.318 e. The van der Waals surface area contributed by atoms with E-state index in [1.54, 1.807) is 13.8 Å². The number of carbonyl (C=O) groups excluding carboxylic acids is 1. The number of nitro benzene ring substituents is 1. The van der Waals surface area contributed by atoms with Crippen LogP contribution < -0.4 is 16.4 Å². The van der Waals surface area contributed by atoms with Crippen molar-refractivity contribution in [3.8, 4) is 0 Å². The fourth-order valence-electron chi connectivity index (χ4n) is 1.52. The van der Waals surface area contributed by atoms with Crippen LogP contribution in [0.4, 0.5) is 16.2 Å². The van der Waals surface area contributed by atoms with Gasteiger partial charge in [0.25, 0.3) is 5.69 Å². The van der Waals surface area contributed by atoms with E-state index in [0.717, 1.165) is 0 Å². The number of urea groups is 1. The molecule has 8 heteroatoms. The SMILES string of the molecule is Cc1cc([N+](=O)[O-])cc(C)c1NC(=N)NC(N)=O. The van der Waals surface area contributed by atoms with Gasteiger partial charge >= 0.3 is 6.03 Å². The fourth-order valence-corrected chi connectivity index (χ4v) is 1.52. The number of nitrogens with zero attached hydrogens (tertiary/aromatic N) is 1. The van der Waals surface area contributed by atoms with Crippen LogP contribution in [0, 0.1) is 29.4 Å². The Morgan fingerprint density at radius 2 is 1.89 bits per heavy atom. The Bertz CT molecular complexity index is 503. The maximum atomic E-state index is 10.7. The van der Waals surface area contributed by atoms with Crippen LogP contribution >= 0.6 is 0 Å². The van der Waals surface area contributed by atoms with E-state index in [9.17, 15) is 14.9 Å². The Labute approximate surface area is 103 Å². The number of hydrogen-bond donors (Lipinski definition) is 4. The number of non-ortho nitro benzene ring substituents is 1. The molecule has 96 valence electrons. The van der Waals surface area contributed by atoms with Gasteiger partial charge in [-0.15, -0.1) is 0 Å². The lowest BCUT2D eigenvalue weighted by Crippen LogP contribution is -2.38. The molecule has 0 heterocycles. The Morgan fingerprint density at radius 1 is 1.39 bits per heavy atom. The number of amides is 2. The van der Waals surface area contributed by atoms with Crippen LogP contribution in [0.25, 0.3) is 0 Å². The molecule has 0 aliphatic carbocycles. The molecule has 1 aromatic carbocycles. The minimum Gasteiger partial charge on any atom is -0.351 e. The van der Waals surface area contributed by atoms with E-state index < -0.39 is 11.0 Å². The van der Waals surface area contributed by atoms with Gasteiger partial charge in [0.05, 0.1) is 4.92 Å². The standard InChI is InChI=1S/C10H13N5O3/c1-5-3-7(15(17)18)4-6(2)8(5)13-9(11)14-10(12)16/h3-4H,1-2H3,(H5,11,12,13,14,16).